The number of rotatable bonds is 5. The Morgan fingerprint density at radius 2 is 1.73 bits per heavy atom. The number of benzene rings is 3. The van der Waals surface area contributed by atoms with E-state index in [2.05, 4.69) is 4.98 Å². The number of thiazole rings is 1. The lowest BCUT2D eigenvalue weighted by atomic mass is 9.93. The number of amides is 1. The van der Waals surface area contributed by atoms with Gasteiger partial charge >= 0.3 is 0 Å². The van der Waals surface area contributed by atoms with Gasteiger partial charge in [-0.15, -0.1) is 0 Å². The van der Waals surface area contributed by atoms with Gasteiger partial charge in [0.05, 0.1) is 21.8 Å². The van der Waals surface area contributed by atoms with Crippen molar-refractivity contribution in [3.8, 4) is 11.1 Å². The molecule has 1 atom stereocenters. The number of Topliss-reactive ketones (excluding diaryl/α,β-unsaturated/α-hetero) is 1. The first kappa shape index (κ1) is 23.2. The minimum absolute atomic E-state index is 0.0516. The van der Waals surface area contributed by atoms with E-state index in [9.17, 15) is 14.7 Å². The molecule has 0 spiro atoms. The molecule has 3 heterocycles. The highest BCUT2D eigenvalue weighted by Crippen LogP contribution is 2.44. The Morgan fingerprint density at radius 1 is 1.00 bits per heavy atom. The highest BCUT2D eigenvalue weighted by Gasteiger charge is 2.46. The van der Waals surface area contributed by atoms with E-state index in [0.29, 0.717) is 27.0 Å². The Balaban J connectivity index is 1.49. The van der Waals surface area contributed by atoms with Gasteiger partial charge in [-0.2, -0.15) is 0 Å². The molecule has 37 heavy (non-hydrogen) atoms. The summed E-state index contributed by atoms with van der Waals surface area (Å²) in [5.74, 6) is -1.27. The van der Waals surface area contributed by atoms with Crippen molar-refractivity contribution < 1.29 is 19.1 Å². The van der Waals surface area contributed by atoms with Crippen molar-refractivity contribution in [3.05, 3.63) is 118 Å². The lowest BCUT2D eigenvalue weighted by molar-refractivity contribution is -0.117. The average Bonchev–Trinajstić information content (AvgIpc) is 3.60. The van der Waals surface area contributed by atoms with E-state index in [1.54, 1.807) is 37.3 Å². The van der Waals surface area contributed by atoms with Crippen LogP contribution in [-0.4, -0.2) is 21.8 Å². The van der Waals surface area contributed by atoms with Gasteiger partial charge in [-0.3, -0.25) is 14.5 Å². The molecule has 1 aliphatic heterocycles. The van der Waals surface area contributed by atoms with Crippen LogP contribution < -0.4 is 4.90 Å². The summed E-state index contributed by atoms with van der Waals surface area (Å²) in [6, 6.07) is 25.0. The van der Waals surface area contributed by atoms with Crippen molar-refractivity contribution in [1.29, 1.82) is 0 Å². The number of carbonyl (C=O) groups excluding carboxylic acids is 2. The molecule has 0 bridgehead atoms. The van der Waals surface area contributed by atoms with Crippen LogP contribution in [-0.2, 0) is 4.79 Å². The maximum absolute atomic E-state index is 13.6. The molecule has 6 rings (SSSR count). The van der Waals surface area contributed by atoms with E-state index in [4.69, 9.17) is 16.0 Å². The van der Waals surface area contributed by atoms with Crippen LogP contribution in [0.15, 0.2) is 101 Å². The van der Waals surface area contributed by atoms with Gasteiger partial charge < -0.3 is 9.52 Å². The summed E-state index contributed by atoms with van der Waals surface area (Å²) in [5.41, 5.74) is 3.29. The molecule has 6 nitrogen and oxygen atoms in total. The van der Waals surface area contributed by atoms with Crippen LogP contribution in [0.5, 0.6) is 0 Å². The minimum atomic E-state index is -0.897. The molecule has 0 fully saturated rings. The lowest BCUT2D eigenvalue weighted by Crippen LogP contribution is -2.30. The highest BCUT2D eigenvalue weighted by molar-refractivity contribution is 7.22. The molecule has 8 heteroatoms. The summed E-state index contributed by atoms with van der Waals surface area (Å²) in [7, 11) is 0. The molecule has 1 amide bonds. The summed E-state index contributed by atoms with van der Waals surface area (Å²) >= 11 is 7.42. The molecule has 182 valence electrons. The maximum atomic E-state index is 13.6. The van der Waals surface area contributed by atoms with Crippen molar-refractivity contribution in [3.63, 3.8) is 0 Å². The van der Waals surface area contributed by atoms with Crippen LogP contribution in [0.2, 0.25) is 5.02 Å². The number of hydrogen-bond acceptors (Lipinski definition) is 6. The Kier molecular flexibility index (Phi) is 5.67. The van der Waals surface area contributed by atoms with E-state index in [0.717, 1.165) is 15.8 Å². The fraction of sp³-hybridized carbons (Fsp3) is 0.0690. The smallest absolute Gasteiger partial charge is 0.296 e. The maximum Gasteiger partial charge on any atom is 0.296 e. The SMILES string of the molecule is Cc1ccc(C(=O)C2=C(O)C(=O)N(c3nc4ccc(Cl)cc4s3)C2c2ccc(-c3ccccc3)cc2)o1. The van der Waals surface area contributed by atoms with Gasteiger partial charge in [0, 0.05) is 5.02 Å². The zero-order valence-corrected chi connectivity index (χ0v) is 21.1. The van der Waals surface area contributed by atoms with Gasteiger partial charge in [0.15, 0.2) is 16.7 Å². The lowest BCUT2D eigenvalue weighted by Gasteiger charge is -2.24. The molecule has 1 aliphatic rings. The number of carbonyl (C=O) groups is 2. The van der Waals surface area contributed by atoms with E-state index in [1.807, 2.05) is 54.6 Å². The number of furan rings is 1. The first-order valence-corrected chi connectivity index (χ1v) is 12.7. The van der Waals surface area contributed by atoms with Crippen molar-refractivity contribution in [1.82, 2.24) is 4.98 Å². The molecule has 1 unspecified atom stereocenters. The summed E-state index contributed by atoms with van der Waals surface area (Å²) in [5, 5.41) is 11.9. The molecule has 0 saturated heterocycles. The van der Waals surface area contributed by atoms with Gasteiger partial charge in [0.2, 0.25) is 5.78 Å². The minimum Gasteiger partial charge on any atom is -0.503 e. The largest absolute Gasteiger partial charge is 0.503 e. The van der Waals surface area contributed by atoms with E-state index >= 15 is 0 Å². The number of fused-ring (bicyclic) bond motifs is 1. The molecule has 0 radical (unpaired) electrons. The van der Waals surface area contributed by atoms with Crippen LogP contribution in [0.3, 0.4) is 0 Å². The fourth-order valence-corrected chi connectivity index (χ4v) is 5.79. The summed E-state index contributed by atoms with van der Waals surface area (Å²) in [6.45, 7) is 1.73. The van der Waals surface area contributed by atoms with E-state index in [1.165, 1.54) is 16.2 Å². The van der Waals surface area contributed by atoms with Crippen LogP contribution in [0.25, 0.3) is 21.3 Å². The Labute approximate surface area is 221 Å². The monoisotopic (exact) mass is 526 g/mol. The third kappa shape index (κ3) is 4.02. The van der Waals surface area contributed by atoms with Crippen molar-refractivity contribution in [2.45, 2.75) is 13.0 Å². The molecule has 0 saturated carbocycles. The van der Waals surface area contributed by atoms with E-state index < -0.39 is 23.5 Å². The molecule has 2 aromatic heterocycles. The Morgan fingerprint density at radius 3 is 2.43 bits per heavy atom. The zero-order chi connectivity index (χ0) is 25.7. The molecule has 1 N–H and O–H groups in total. The average molecular weight is 527 g/mol. The first-order valence-electron chi connectivity index (χ1n) is 11.5. The predicted octanol–water partition coefficient (Wildman–Crippen LogP) is 7.30. The first-order chi connectivity index (χ1) is 17.9. The molecule has 5 aromatic rings. The fourth-order valence-electron chi connectivity index (χ4n) is 4.52. The molecule has 0 aliphatic carbocycles. The zero-order valence-electron chi connectivity index (χ0n) is 19.5. The number of aliphatic hydroxyl groups excluding tert-OH is 1. The number of halogens is 1. The molecular weight excluding hydrogens is 508 g/mol. The number of nitrogens with zero attached hydrogens (tertiary/aromatic N) is 2. The number of aromatic nitrogens is 1. The van der Waals surface area contributed by atoms with Gasteiger partial charge in [0.25, 0.3) is 5.91 Å². The standard InChI is InChI=1S/C29H19ClN2O4S/c1-16-7-14-22(36-16)26(33)24-25(19-10-8-18(9-11-19)17-5-3-2-4-6-17)32(28(35)27(24)34)29-31-21-13-12-20(30)15-23(21)37-29/h2-15,25,34H,1H3. The Hall–Kier alpha value is -4.20. The predicted molar refractivity (Wildman–Crippen MR) is 144 cm³/mol. The third-order valence-corrected chi connectivity index (χ3v) is 7.55. The van der Waals surface area contributed by atoms with Crippen LogP contribution in [0.1, 0.15) is 27.9 Å². The molecule has 3 aromatic carbocycles. The number of aryl methyl sites for hydroxylation is 1. The highest BCUT2D eigenvalue weighted by atomic mass is 35.5. The number of hydrogen-bond donors (Lipinski definition) is 1. The van der Waals surface area contributed by atoms with Crippen LogP contribution >= 0.6 is 22.9 Å². The van der Waals surface area contributed by atoms with E-state index in [-0.39, 0.29) is 11.3 Å². The van der Waals surface area contributed by atoms with Crippen LogP contribution in [0, 0.1) is 6.92 Å². The van der Waals surface area contributed by atoms with Gasteiger partial charge in [0.1, 0.15) is 5.76 Å². The second-order valence-corrected chi connectivity index (χ2v) is 10.1. The second-order valence-electron chi connectivity index (χ2n) is 8.68. The summed E-state index contributed by atoms with van der Waals surface area (Å²) in [6.07, 6.45) is 0. The van der Waals surface area contributed by atoms with Gasteiger partial charge in [-0.05, 0) is 53.9 Å². The number of ketones is 1. The van der Waals surface area contributed by atoms with Crippen molar-refractivity contribution in [2.24, 2.45) is 0 Å². The van der Waals surface area contributed by atoms with Crippen molar-refractivity contribution in [2.75, 3.05) is 4.90 Å². The number of anilines is 1. The second kappa shape index (κ2) is 9.03. The number of aliphatic hydroxyl groups is 1. The van der Waals surface area contributed by atoms with Gasteiger partial charge in [-0.25, -0.2) is 4.98 Å². The summed E-state index contributed by atoms with van der Waals surface area (Å²) in [4.78, 5) is 33.0. The normalized spacial score (nSPS) is 15.7. The van der Waals surface area contributed by atoms with Gasteiger partial charge in [-0.1, -0.05) is 77.5 Å². The molecular formula is C29H19ClN2O4S. The third-order valence-electron chi connectivity index (χ3n) is 6.30. The topological polar surface area (TPSA) is 83.6 Å². The van der Waals surface area contributed by atoms with Crippen molar-refractivity contribution >= 4 is 50.0 Å². The Bertz CT molecular complexity index is 1700. The summed E-state index contributed by atoms with van der Waals surface area (Å²) < 4.78 is 6.34. The quantitative estimate of drug-likeness (QED) is 0.243. The van der Waals surface area contributed by atoms with Crippen LogP contribution in [0.4, 0.5) is 5.13 Å².